The normalized spacial score (nSPS) is 27.7. The van der Waals surface area contributed by atoms with E-state index in [0.717, 1.165) is 38.2 Å². The van der Waals surface area contributed by atoms with Crippen LogP contribution in [0.25, 0.3) is 0 Å². The largest absolute Gasteiger partial charge is 0.374 e. The molecule has 1 aromatic heterocycles. The Bertz CT molecular complexity index is 431. The van der Waals surface area contributed by atoms with E-state index in [4.69, 9.17) is 4.74 Å². The van der Waals surface area contributed by atoms with Crippen LogP contribution >= 0.6 is 0 Å². The van der Waals surface area contributed by atoms with Crippen LogP contribution in [0.4, 0.5) is 0 Å². The maximum atomic E-state index is 6.29. The van der Waals surface area contributed by atoms with Crippen LogP contribution in [0.2, 0.25) is 0 Å². The summed E-state index contributed by atoms with van der Waals surface area (Å²) in [4.78, 5) is 1.52. The summed E-state index contributed by atoms with van der Waals surface area (Å²) in [6.07, 6.45) is 5.53. The number of hydrogen-bond donors (Lipinski definition) is 1. The third-order valence-electron chi connectivity index (χ3n) is 4.44. The van der Waals surface area contributed by atoms with Crippen LogP contribution < -0.4 is 5.32 Å². The molecule has 0 aromatic carbocycles. The number of aromatic nitrogens is 4. The van der Waals surface area contributed by atoms with Gasteiger partial charge in [0.05, 0.1) is 12.6 Å². The Balaban J connectivity index is 2.18. The molecule has 3 unspecified atom stereocenters. The molecule has 2 rings (SSSR count). The molecular formula is C15H29N5O. The first kappa shape index (κ1) is 16.4. The number of hydrogen-bond acceptors (Lipinski definition) is 5. The van der Waals surface area contributed by atoms with E-state index in [2.05, 4.69) is 41.5 Å². The lowest BCUT2D eigenvalue weighted by atomic mass is 9.73. The zero-order valence-electron chi connectivity index (χ0n) is 13.8. The average Bonchev–Trinajstić information content (AvgIpc) is 2.84. The molecule has 1 aliphatic rings. The Morgan fingerprint density at radius 2 is 2.29 bits per heavy atom. The topological polar surface area (TPSA) is 64.9 Å². The number of ether oxygens (including phenoxy) is 1. The quantitative estimate of drug-likeness (QED) is 0.829. The van der Waals surface area contributed by atoms with Gasteiger partial charge in [-0.1, -0.05) is 26.7 Å². The summed E-state index contributed by atoms with van der Waals surface area (Å²) in [5.41, 5.74) is -0.0956. The Kier molecular flexibility index (Phi) is 5.70. The number of likely N-dealkylation sites (N-methyl/N-ethyl adjacent to an activating group) is 1. The van der Waals surface area contributed by atoms with E-state index in [1.54, 1.807) is 7.05 Å². The Morgan fingerprint density at radius 3 is 2.86 bits per heavy atom. The van der Waals surface area contributed by atoms with E-state index in [1.807, 2.05) is 0 Å². The molecule has 1 N–H and O–H groups in total. The van der Waals surface area contributed by atoms with Crippen molar-refractivity contribution < 1.29 is 4.74 Å². The van der Waals surface area contributed by atoms with Gasteiger partial charge in [-0.25, -0.2) is 0 Å². The maximum absolute atomic E-state index is 6.29. The lowest BCUT2D eigenvalue weighted by Gasteiger charge is -2.45. The minimum absolute atomic E-state index is 0.0956. The molecule has 1 aromatic rings. The standard InChI is InChI=1S/C15H29N5O/c1-5-16-13(10-14-17-19-20(4)18-14)15(21-6-2)9-7-8-12(3)11-15/h12-13,16H,5-11H2,1-4H3. The molecule has 0 saturated heterocycles. The SMILES string of the molecule is CCNC(Cc1nnn(C)n1)C1(OCC)CCCC(C)C1. The second kappa shape index (κ2) is 7.31. The van der Waals surface area contributed by atoms with Crippen molar-refractivity contribution in [2.45, 2.75) is 64.5 Å². The zero-order valence-corrected chi connectivity index (χ0v) is 13.8. The van der Waals surface area contributed by atoms with E-state index in [0.29, 0.717) is 5.92 Å². The second-order valence-electron chi connectivity index (χ2n) is 6.21. The van der Waals surface area contributed by atoms with Gasteiger partial charge in [-0.15, -0.1) is 10.2 Å². The number of tetrazole rings is 1. The highest BCUT2D eigenvalue weighted by atomic mass is 16.5. The molecule has 0 bridgehead atoms. The van der Waals surface area contributed by atoms with Gasteiger partial charge in [0.15, 0.2) is 5.82 Å². The number of aryl methyl sites for hydroxylation is 1. The van der Waals surface area contributed by atoms with Gasteiger partial charge in [0.2, 0.25) is 0 Å². The van der Waals surface area contributed by atoms with Crippen LogP contribution in [-0.2, 0) is 18.2 Å². The van der Waals surface area contributed by atoms with E-state index < -0.39 is 0 Å². The molecule has 6 nitrogen and oxygen atoms in total. The van der Waals surface area contributed by atoms with Gasteiger partial charge in [-0.3, -0.25) is 0 Å². The number of nitrogens with one attached hydrogen (secondary N) is 1. The van der Waals surface area contributed by atoms with Gasteiger partial charge in [0.1, 0.15) is 0 Å². The van der Waals surface area contributed by atoms with Crippen molar-refractivity contribution in [1.82, 2.24) is 25.5 Å². The maximum Gasteiger partial charge on any atom is 0.176 e. The molecular weight excluding hydrogens is 266 g/mol. The van der Waals surface area contributed by atoms with Crippen molar-refractivity contribution in [2.24, 2.45) is 13.0 Å². The minimum atomic E-state index is -0.0956. The fourth-order valence-corrected chi connectivity index (χ4v) is 3.66. The highest BCUT2D eigenvalue weighted by molar-refractivity contribution is 5.01. The number of rotatable bonds is 7. The van der Waals surface area contributed by atoms with Crippen molar-refractivity contribution in [1.29, 1.82) is 0 Å². The molecule has 0 aliphatic heterocycles. The number of nitrogens with zero attached hydrogens (tertiary/aromatic N) is 4. The lowest BCUT2D eigenvalue weighted by Crippen LogP contribution is -2.56. The van der Waals surface area contributed by atoms with Crippen molar-refractivity contribution >= 4 is 0 Å². The van der Waals surface area contributed by atoms with Crippen LogP contribution in [0.15, 0.2) is 0 Å². The molecule has 0 radical (unpaired) electrons. The molecule has 3 atom stereocenters. The predicted molar refractivity (Wildman–Crippen MR) is 82.0 cm³/mol. The second-order valence-corrected chi connectivity index (χ2v) is 6.21. The first-order valence-corrected chi connectivity index (χ1v) is 8.20. The van der Waals surface area contributed by atoms with E-state index in [9.17, 15) is 0 Å². The van der Waals surface area contributed by atoms with Crippen LogP contribution in [0.1, 0.15) is 52.3 Å². The van der Waals surface area contributed by atoms with Crippen molar-refractivity contribution in [3.63, 3.8) is 0 Å². The zero-order chi connectivity index (χ0) is 15.3. The van der Waals surface area contributed by atoms with Crippen LogP contribution in [0.5, 0.6) is 0 Å². The highest BCUT2D eigenvalue weighted by Gasteiger charge is 2.42. The van der Waals surface area contributed by atoms with Gasteiger partial charge < -0.3 is 10.1 Å². The van der Waals surface area contributed by atoms with Crippen molar-refractivity contribution in [2.75, 3.05) is 13.2 Å². The minimum Gasteiger partial charge on any atom is -0.374 e. The Morgan fingerprint density at radius 1 is 1.48 bits per heavy atom. The first-order chi connectivity index (χ1) is 10.1. The van der Waals surface area contributed by atoms with E-state index in [-0.39, 0.29) is 11.6 Å². The summed E-state index contributed by atoms with van der Waals surface area (Å²) < 4.78 is 6.29. The van der Waals surface area contributed by atoms with E-state index >= 15 is 0 Å². The fraction of sp³-hybridized carbons (Fsp3) is 0.933. The molecule has 120 valence electrons. The van der Waals surface area contributed by atoms with Gasteiger partial charge >= 0.3 is 0 Å². The predicted octanol–water partition coefficient (Wildman–Crippen LogP) is 1.72. The third-order valence-corrected chi connectivity index (χ3v) is 4.44. The van der Waals surface area contributed by atoms with Gasteiger partial charge in [-0.05, 0) is 37.4 Å². The average molecular weight is 295 g/mol. The van der Waals surface area contributed by atoms with Gasteiger partial charge in [0, 0.05) is 19.1 Å². The fourth-order valence-electron chi connectivity index (χ4n) is 3.66. The van der Waals surface area contributed by atoms with Crippen LogP contribution in [0.3, 0.4) is 0 Å². The summed E-state index contributed by atoms with van der Waals surface area (Å²) in [7, 11) is 1.81. The van der Waals surface area contributed by atoms with Crippen LogP contribution in [0, 0.1) is 5.92 Å². The summed E-state index contributed by atoms with van der Waals surface area (Å²) in [5.74, 6) is 1.50. The molecule has 21 heavy (non-hydrogen) atoms. The van der Waals surface area contributed by atoms with Gasteiger partial charge in [-0.2, -0.15) is 4.80 Å². The Labute approximate surface area is 127 Å². The first-order valence-electron chi connectivity index (χ1n) is 8.20. The van der Waals surface area contributed by atoms with Gasteiger partial charge in [0.25, 0.3) is 0 Å². The summed E-state index contributed by atoms with van der Waals surface area (Å²) in [6.45, 7) is 8.24. The van der Waals surface area contributed by atoms with Crippen molar-refractivity contribution in [3.8, 4) is 0 Å². The smallest absolute Gasteiger partial charge is 0.176 e. The molecule has 1 aliphatic carbocycles. The van der Waals surface area contributed by atoms with Crippen LogP contribution in [-0.4, -0.2) is 45.0 Å². The van der Waals surface area contributed by atoms with Crippen molar-refractivity contribution in [3.05, 3.63) is 5.82 Å². The molecule has 0 amide bonds. The third kappa shape index (κ3) is 4.01. The molecule has 1 fully saturated rings. The highest BCUT2D eigenvalue weighted by Crippen LogP contribution is 2.38. The Hall–Kier alpha value is -1.01. The summed E-state index contributed by atoms with van der Waals surface area (Å²) >= 11 is 0. The molecule has 6 heteroatoms. The van der Waals surface area contributed by atoms with E-state index in [1.165, 1.54) is 17.6 Å². The monoisotopic (exact) mass is 295 g/mol. The lowest BCUT2D eigenvalue weighted by molar-refractivity contribution is -0.100. The summed E-state index contributed by atoms with van der Waals surface area (Å²) in [6, 6.07) is 0.245. The molecule has 0 spiro atoms. The summed E-state index contributed by atoms with van der Waals surface area (Å²) in [5, 5.41) is 16.0. The molecule has 1 saturated carbocycles. The molecule has 1 heterocycles.